The van der Waals surface area contributed by atoms with E-state index in [9.17, 15) is 9.59 Å². The van der Waals surface area contributed by atoms with Gasteiger partial charge in [0.05, 0.1) is 19.0 Å². The van der Waals surface area contributed by atoms with Gasteiger partial charge in [-0.1, -0.05) is 23.8 Å². The third-order valence-corrected chi connectivity index (χ3v) is 4.94. The second-order valence-corrected chi connectivity index (χ2v) is 7.35. The van der Waals surface area contributed by atoms with Gasteiger partial charge < -0.3 is 14.6 Å². The van der Waals surface area contributed by atoms with Crippen LogP contribution in [0, 0.1) is 27.7 Å². The van der Waals surface area contributed by atoms with Crippen molar-refractivity contribution in [3.8, 4) is 11.4 Å². The van der Waals surface area contributed by atoms with E-state index in [1.807, 2.05) is 39.8 Å². The molecule has 1 heterocycles. The number of aryl methyl sites for hydroxylation is 3. The molecule has 0 atom stereocenters. The molecule has 7 heteroatoms. The number of carbonyl (C=O) groups is 2. The molecule has 0 saturated heterocycles. The molecule has 7 nitrogen and oxygen atoms in total. The molecule has 0 saturated carbocycles. The van der Waals surface area contributed by atoms with Crippen molar-refractivity contribution in [2.24, 2.45) is 5.10 Å². The van der Waals surface area contributed by atoms with Crippen LogP contribution in [0.1, 0.15) is 28.1 Å². The first-order valence-corrected chi connectivity index (χ1v) is 9.85. The maximum Gasteiger partial charge on any atom is 0.329 e. The summed E-state index contributed by atoms with van der Waals surface area (Å²) in [6, 6.07) is 15.5. The molecule has 31 heavy (non-hydrogen) atoms. The smallest absolute Gasteiger partial charge is 0.329 e. The zero-order chi connectivity index (χ0) is 22.5. The number of nitrogens with one attached hydrogen (secondary N) is 2. The number of amides is 2. The molecule has 2 aromatic carbocycles. The molecule has 0 unspecified atom stereocenters. The lowest BCUT2D eigenvalue weighted by Crippen LogP contribution is -2.32. The number of carbonyl (C=O) groups excluding carboxylic acids is 2. The molecule has 160 valence electrons. The molecule has 0 aliphatic carbocycles. The Morgan fingerprint density at radius 3 is 2.29 bits per heavy atom. The largest absolute Gasteiger partial charge is 0.495 e. The lowest BCUT2D eigenvalue weighted by Gasteiger charge is -2.10. The summed E-state index contributed by atoms with van der Waals surface area (Å²) in [6.07, 6.45) is 1.53. The summed E-state index contributed by atoms with van der Waals surface area (Å²) < 4.78 is 7.32. The molecular formula is C24H26N4O3. The Bertz CT molecular complexity index is 1140. The van der Waals surface area contributed by atoms with Gasteiger partial charge in [0.2, 0.25) is 0 Å². The molecule has 3 rings (SSSR count). The van der Waals surface area contributed by atoms with Crippen LogP contribution in [0.3, 0.4) is 0 Å². The fourth-order valence-electron chi connectivity index (χ4n) is 3.32. The Balaban J connectivity index is 1.69. The summed E-state index contributed by atoms with van der Waals surface area (Å²) in [5, 5.41) is 6.50. The first-order chi connectivity index (χ1) is 14.8. The Morgan fingerprint density at radius 2 is 1.61 bits per heavy atom. The molecule has 0 radical (unpaired) electrons. The van der Waals surface area contributed by atoms with Gasteiger partial charge >= 0.3 is 11.8 Å². The molecule has 2 amide bonds. The standard InChI is InChI=1S/C24H26N4O3/c1-15-6-9-20(10-7-15)28-17(3)13-19(18(28)4)14-25-27-24(30)23(29)26-21-12-16(2)8-11-22(21)31-5/h6-14H,1-5H3,(H,26,29)(H,27,30)/b25-14-. The second-order valence-electron chi connectivity index (χ2n) is 7.35. The second kappa shape index (κ2) is 9.30. The Morgan fingerprint density at radius 1 is 0.935 bits per heavy atom. The van der Waals surface area contributed by atoms with Gasteiger partial charge in [0.25, 0.3) is 0 Å². The highest BCUT2D eigenvalue weighted by molar-refractivity contribution is 6.39. The van der Waals surface area contributed by atoms with Gasteiger partial charge in [0.1, 0.15) is 5.75 Å². The maximum atomic E-state index is 12.2. The minimum absolute atomic E-state index is 0.424. The van der Waals surface area contributed by atoms with Crippen molar-refractivity contribution in [1.82, 2.24) is 9.99 Å². The van der Waals surface area contributed by atoms with Crippen LogP contribution in [0.25, 0.3) is 5.69 Å². The first-order valence-electron chi connectivity index (χ1n) is 9.85. The maximum absolute atomic E-state index is 12.2. The number of aromatic nitrogens is 1. The van der Waals surface area contributed by atoms with Gasteiger partial charge in [-0.3, -0.25) is 9.59 Å². The Labute approximate surface area is 181 Å². The van der Waals surface area contributed by atoms with Crippen molar-refractivity contribution < 1.29 is 14.3 Å². The summed E-state index contributed by atoms with van der Waals surface area (Å²) >= 11 is 0. The third kappa shape index (κ3) is 5.01. The number of methoxy groups -OCH3 is 1. The predicted molar refractivity (Wildman–Crippen MR) is 122 cm³/mol. The molecule has 0 bridgehead atoms. The molecular weight excluding hydrogens is 392 g/mol. The summed E-state index contributed by atoms with van der Waals surface area (Å²) in [5.41, 5.74) is 8.74. The van der Waals surface area contributed by atoms with E-state index < -0.39 is 11.8 Å². The van der Waals surface area contributed by atoms with Crippen LogP contribution in [0.4, 0.5) is 5.69 Å². The van der Waals surface area contributed by atoms with Crippen molar-refractivity contribution in [1.29, 1.82) is 0 Å². The first kappa shape index (κ1) is 21.8. The average Bonchev–Trinajstić information content (AvgIpc) is 3.02. The van der Waals surface area contributed by atoms with Crippen LogP contribution in [0.5, 0.6) is 5.75 Å². The van der Waals surface area contributed by atoms with Gasteiger partial charge in [-0.2, -0.15) is 5.10 Å². The van der Waals surface area contributed by atoms with E-state index in [4.69, 9.17) is 4.74 Å². The van der Waals surface area contributed by atoms with E-state index in [2.05, 4.69) is 44.7 Å². The number of nitrogens with zero attached hydrogens (tertiary/aromatic N) is 2. The number of hydrogen-bond donors (Lipinski definition) is 2. The summed E-state index contributed by atoms with van der Waals surface area (Å²) in [7, 11) is 1.50. The lowest BCUT2D eigenvalue weighted by atomic mass is 10.2. The van der Waals surface area contributed by atoms with Crippen molar-refractivity contribution in [3.05, 3.63) is 76.6 Å². The fourth-order valence-corrected chi connectivity index (χ4v) is 3.32. The van der Waals surface area contributed by atoms with Crippen molar-refractivity contribution in [2.45, 2.75) is 27.7 Å². The van der Waals surface area contributed by atoms with Crippen LogP contribution < -0.4 is 15.5 Å². The van der Waals surface area contributed by atoms with E-state index in [1.165, 1.54) is 18.9 Å². The SMILES string of the molecule is COc1ccc(C)cc1NC(=O)C(=O)N/N=C\c1cc(C)n(-c2ccc(C)cc2)c1C. The number of hydrogen-bond acceptors (Lipinski definition) is 4. The minimum atomic E-state index is -0.868. The van der Waals surface area contributed by atoms with E-state index in [1.54, 1.807) is 12.1 Å². The van der Waals surface area contributed by atoms with Crippen LogP contribution >= 0.6 is 0 Å². The van der Waals surface area contributed by atoms with E-state index in [0.29, 0.717) is 11.4 Å². The van der Waals surface area contributed by atoms with Crippen LogP contribution in [0.15, 0.2) is 53.6 Å². The van der Waals surface area contributed by atoms with E-state index in [-0.39, 0.29) is 0 Å². The number of anilines is 1. The lowest BCUT2D eigenvalue weighted by molar-refractivity contribution is -0.136. The number of ether oxygens (including phenoxy) is 1. The van der Waals surface area contributed by atoms with Crippen molar-refractivity contribution >= 4 is 23.7 Å². The predicted octanol–water partition coefficient (Wildman–Crippen LogP) is 3.81. The molecule has 0 aliphatic rings. The van der Waals surface area contributed by atoms with Gasteiger partial charge in [0.15, 0.2) is 0 Å². The molecule has 0 spiro atoms. The summed E-state index contributed by atoms with van der Waals surface area (Å²) in [4.78, 5) is 24.4. The van der Waals surface area contributed by atoms with Crippen LogP contribution in [-0.4, -0.2) is 29.7 Å². The topological polar surface area (TPSA) is 84.7 Å². The normalized spacial score (nSPS) is 10.9. The molecule has 0 aliphatic heterocycles. The summed E-state index contributed by atoms with van der Waals surface area (Å²) in [5.74, 6) is -1.22. The van der Waals surface area contributed by atoms with Crippen molar-refractivity contribution in [2.75, 3.05) is 12.4 Å². The molecule has 1 aromatic heterocycles. The van der Waals surface area contributed by atoms with Gasteiger partial charge in [-0.15, -0.1) is 0 Å². The van der Waals surface area contributed by atoms with Gasteiger partial charge in [-0.05, 0) is 63.6 Å². The highest BCUT2D eigenvalue weighted by Crippen LogP contribution is 2.25. The van der Waals surface area contributed by atoms with Crippen LogP contribution in [0.2, 0.25) is 0 Å². The minimum Gasteiger partial charge on any atom is -0.495 e. The number of rotatable bonds is 5. The highest BCUT2D eigenvalue weighted by Gasteiger charge is 2.16. The number of hydrazone groups is 1. The quantitative estimate of drug-likeness (QED) is 0.375. The Hall–Kier alpha value is -3.87. The third-order valence-electron chi connectivity index (χ3n) is 4.94. The zero-order valence-electron chi connectivity index (χ0n) is 18.3. The average molecular weight is 418 g/mol. The monoisotopic (exact) mass is 418 g/mol. The van der Waals surface area contributed by atoms with Crippen LogP contribution in [-0.2, 0) is 9.59 Å². The molecule has 3 aromatic rings. The molecule has 0 fully saturated rings. The van der Waals surface area contributed by atoms with E-state index >= 15 is 0 Å². The van der Waals surface area contributed by atoms with E-state index in [0.717, 1.165) is 28.2 Å². The summed E-state index contributed by atoms with van der Waals surface area (Å²) in [6.45, 7) is 7.91. The van der Waals surface area contributed by atoms with Crippen molar-refractivity contribution in [3.63, 3.8) is 0 Å². The van der Waals surface area contributed by atoms with Gasteiger partial charge in [-0.25, -0.2) is 5.43 Å². The Kier molecular flexibility index (Phi) is 6.55. The highest BCUT2D eigenvalue weighted by atomic mass is 16.5. The van der Waals surface area contributed by atoms with Gasteiger partial charge in [0, 0.05) is 22.6 Å². The zero-order valence-corrected chi connectivity index (χ0v) is 18.3. The number of benzene rings is 2. The molecule has 2 N–H and O–H groups in total. The fraction of sp³-hybridized carbons (Fsp3) is 0.208.